The topological polar surface area (TPSA) is 21.3 Å². The van der Waals surface area contributed by atoms with Gasteiger partial charge in [0.1, 0.15) is 0 Å². The molecule has 90 valence electrons. The first kappa shape index (κ1) is 13.2. The number of hydrogen-bond donors (Lipinski definition) is 1. The van der Waals surface area contributed by atoms with Crippen LogP contribution in [0.1, 0.15) is 26.3 Å². The molecule has 0 fully saturated rings. The third-order valence-corrected chi connectivity index (χ3v) is 2.72. The maximum atomic E-state index is 5.48. The lowest BCUT2D eigenvalue weighted by Gasteiger charge is -2.22. The van der Waals surface area contributed by atoms with Crippen LogP contribution in [0.5, 0.6) is 0 Å². The molecule has 0 bridgehead atoms. The van der Waals surface area contributed by atoms with E-state index in [-0.39, 0.29) is 0 Å². The van der Waals surface area contributed by atoms with Gasteiger partial charge in [0.25, 0.3) is 0 Å². The van der Waals surface area contributed by atoms with E-state index in [1.165, 1.54) is 5.56 Å². The van der Waals surface area contributed by atoms with Crippen molar-refractivity contribution in [2.24, 2.45) is 5.92 Å². The van der Waals surface area contributed by atoms with Crippen molar-refractivity contribution in [2.45, 2.75) is 33.4 Å². The van der Waals surface area contributed by atoms with Crippen LogP contribution in [0.2, 0.25) is 0 Å². The summed E-state index contributed by atoms with van der Waals surface area (Å²) >= 11 is 0. The first-order chi connectivity index (χ1) is 7.74. The molecular formula is C14H23NO. The summed E-state index contributed by atoms with van der Waals surface area (Å²) < 4.78 is 5.48. The predicted molar refractivity (Wildman–Crippen MR) is 68.4 cm³/mol. The monoisotopic (exact) mass is 221 g/mol. The van der Waals surface area contributed by atoms with Gasteiger partial charge in [-0.1, -0.05) is 44.2 Å². The standard InChI is InChI=1S/C14H23NO/c1-4-16-11-14(12(2)3)15-10-13-8-6-5-7-9-13/h5-9,12,14-15H,4,10-11H2,1-3H3. The molecule has 1 unspecified atom stereocenters. The molecule has 0 aliphatic carbocycles. The minimum atomic E-state index is 0.431. The van der Waals surface area contributed by atoms with E-state index in [9.17, 15) is 0 Å². The summed E-state index contributed by atoms with van der Waals surface area (Å²) in [6.07, 6.45) is 0. The van der Waals surface area contributed by atoms with Gasteiger partial charge in [-0.25, -0.2) is 0 Å². The highest BCUT2D eigenvalue weighted by Crippen LogP contribution is 2.05. The van der Waals surface area contributed by atoms with Gasteiger partial charge in [0.2, 0.25) is 0 Å². The third-order valence-electron chi connectivity index (χ3n) is 2.72. The molecule has 0 aliphatic heterocycles. The number of benzene rings is 1. The maximum absolute atomic E-state index is 5.48. The highest BCUT2D eigenvalue weighted by atomic mass is 16.5. The minimum Gasteiger partial charge on any atom is -0.380 e. The fourth-order valence-electron chi connectivity index (χ4n) is 1.58. The van der Waals surface area contributed by atoms with Gasteiger partial charge in [0.05, 0.1) is 6.61 Å². The van der Waals surface area contributed by atoms with Crippen LogP contribution in [0, 0.1) is 5.92 Å². The van der Waals surface area contributed by atoms with E-state index in [1.54, 1.807) is 0 Å². The van der Waals surface area contributed by atoms with Crippen LogP contribution in [0.25, 0.3) is 0 Å². The lowest BCUT2D eigenvalue weighted by molar-refractivity contribution is 0.108. The van der Waals surface area contributed by atoms with Gasteiger partial charge >= 0.3 is 0 Å². The minimum absolute atomic E-state index is 0.431. The molecule has 1 atom stereocenters. The van der Waals surface area contributed by atoms with Crippen molar-refractivity contribution in [1.82, 2.24) is 5.32 Å². The number of ether oxygens (including phenoxy) is 1. The Bertz CT molecular complexity index is 271. The molecule has 0 aliphatic rings. The third kappa shape index (κ3) is 4.77. The SMILES string of the molecule is CCOCC(NCc1ccccc1)C(C)C. The fraction of sp³-hybridized carbons (Fsp3) is 0.571. The molecule has 0 spiro atoms. The molecule has 2 nitrogen and oxygen atoms in total. The molecule has 2 heteroatoms. The summed E-state index contributed by atoms with van der Waals surface area (Å²) in [5.41, 5.74) is 1.32. The summed E-state index contributed by atoms with van der Waals surface area (Å²) in [5, 5.41) is 3.55. The van der Waals surface area contributed by atoms with Crippen LogP contribution < -0.4 is 5.32 Å². The van der Waals surface area contributed by atoms with Gasteiger partial charge in [0.15, 0.2) is 0 Å². The zero-order chi connectivity index (χ0) is 11.8. The normalized spacial score (nSPS) is 13.0. The number of nitrogens with one attached hydrogen (secondary N) is 1. The largest absolute Gasteiger partial charge is 0.380 e. The van der Waals surface area contributed by atoms with Crippen LogP contribution in [0.3, 0.4) is 0 Å². The predicted octanol–water partition coefficient (Wildman–Crippen LogP) is 2.84. The number of rotatable bonds is 7. The Kier molecular flexibility index (Phi) is 6.12. The van der Waals surface area contributed by atoms with Crippen molar-refractivity contribution < 1.29 is 4.74 Å². The number of hydrogen-bond acceptors (Lipinski definition) is 2. The molecule has 1 aromatic carbocycles. The highest BCUT2D eigenvalue weighted by molar-refractivity contribution is 5.14. The van der Waals surface area contributed by atoms with Crippen molar-refractivity contribution in [3.05, 3.63) is 35.9 Å². The average Bonchev–Trinajstić information content (AvgIpc) is 2.30. The van der Waals surface area contributed by atoms with Crippen molar-refractivity contribution in [3.8, 4) is 0 Å². The van der Waals surface area contributed by atoms with Crippen LogP contribution in [-0.4, -0.2) is 19.3 Å². The summed E-state index contributed by atoms with van der Waals surface area (Å²) in [4.78, 5) is 0. The second kappa shape index (κ2) is 7.42. The first-order valence-electron chi connectivity index (χ1n) is 6.09. The Morgan fingerprint density at radius 3 is 2.44 bits per heavy atom. The molecule has 0 radical (unpaired) electrons. The molecule has 16 heavy (non-hydrogen) atoms. The highest BCUT2D eigenvalue weighted by Gasteiger charge is 2.12. The van der Waals surface area contributed by atoms with Crippen LogP contribution >= 0.6 is 0 Å². The lowest BCUT2D eigenvalue weighted by Crippen LogP contribution is -2.37. The molecule has 0 saturated heterocycles. The van der Waals surface area contributed by atoms with Gasteiger partial charge < -0.3 is 10.1 Å². The molecular weight excluding hydrogens is 198 g/mol. The lowest BCUT2D eigenvalue weighted by atomic mass is 10.0. The van der Waals surface area contributed by atoms with E-state index >= 15 is 0 Å². The van der Waals surface area contributed by atoms with Crippen molar-refractivity contribution in [1.29, 1.82) is 0 Å². The van der Waals surface area contributed by atoms with Gasteiger partial charge in [-0.05, 0) is 18.4 Å². The average molecular weight is 221 g/mol. The first-order valence-corrected chi connectivity index (χ1v) is 6.09. The zero-order valence-corrected chi connectivity index (χ0v) is 10.6. The van der Waals surface area contributed by atoms with Crippen LogP contribution in [-0.2, 0) is 11.3 Å². The molecule has 0 heterocycles. The Hall–Kier alpha value is -0.860. The Labute approximate surface area is 99.0 Å². The summed E-state index contributed by atoms with van der Waals surface area (Å²) in [6.45, 7) is 8.98. The second-order valence-corrected chi connectivity index (χ2v) is 4.38. The molecule has 0 saturated carbocycles. The summed E-state index contributed by atoms with van der Waals surface area (Å²) in [5.74, 6) is 0.593. The zero-order valence-electron chi connectivity index (χ0n) is 10.6. The van der Waals surface area contributed by atoms with Crippen molar-refractivity contribution >= 4 is 0 Å². The quantitative estimate of drug-likeness (QED) is 0.764. The molecule has 0 aromatic heterocycles. The van der Waals surface area contributed by atoms with E-state index in [2.05, 4.69) is 43.4 Å². The molecule has 1 rings (SSSR count). The van der Waals surface area contributed by atoms with Crippen LogP contribution in [0.4, 0.5) is 0 Å². The Balaban J connectivity index is 2.38. The molecule has 0 amide bonds. The van der Waals surface area contributed by atoms with Gasteiger partial charge in [0, 0.05) is 19.2 Å². The molecule has 1 N–H and O–H groups in total. The van der Waals surface area contributed by atoms with Crippen molar-refractivity contribution in [3.63, 3.8) is 0 Å². The fourth-order valence-corrected chi connectivity index (χ4v) is 1.58. The van der Waals surface area contributed by atoms with Crippen molar-refractivity contribution in [2.75, 3.05) is 13.2 Å². The smallest absolute Gasteiger partial charge is 0.0622 e. The summed E-state index contributed by atoms with van der Waals surface area (Å²) in [6, 6.07) is 10.9. The van der Waals surface area contributed by atoms with Gasteiger partial charge in [-0.15, -0.1) is 0 Å². The van der Waals surface area contributed by atoms with E-state index in [1.807, 2.05) is 13.0 Å². The second-order valence-electron chi connectivity index (χ2n) is 4.38. The van der Waals surface area contributed by atoms with Gasteiger partial charge in [-0.2, -0.15) is 0 Å². The van der Waals surface area contributed by atoms with E-state index < -0.39 is 0 Å². The van der Waals surface area contributed by atoms with Crippen LogP contribution in [0.15, 0.2) is 30.3 Å². The molecule has 1 aromatic rings. The van der Waals surface area contributed by atoms with E-state index in [0.717, 1.165) is 19.8 Å². The summed E-state index contributed by atoms with van der Waals surface area (Å²) in [7, 11) is 0. The van der Waals surface area contributed by atoms with E-state index in [0.29, 0.717) is 12.0 Å². The Morgan fingerprint density at radius 2 is 1.88 bits per heavy atom. The maximum Gasteiger partial charge on any atom is 0.0622 e. The van der Waals surface area contributed by atoms with Gasteiger partial charge in [-0.3, -0.25) is 0 Å². The Morgan fingerprint density at radius 1 is 1.19 bits per heavy atom. The van der Waals surface area contributed by atoms with E-state index in [4.69, 9.17) is 4.74 Å².